The molecule has 0 saturated carbocycles. The lowest BCUT2D eigenvalue weighted by Gasteiger charge is -2.13. The van der Waals surface area contributed by atoms with Crippen molar-refractivity contribution in [3.8, 4) is 33.8 Å². The minimum Gasteiger partial charge on any atom is -0.497 e. The van der Waals surface area contributed by atoms with Crippen LogP contribution < -0.4 is 20.1 Å². The van der Waals surface area contributed by atoms with Crippen LogP contribution in [-0.2, 0) is 0 Å². The number of carbonyl (C=O) groups excluding carboxylic acids is 2. The quantitative estimate of drug-likeness (QED) is 0.0996. The lowest BCUT2D eigenvalue weighted by atomic mass is 10.0. The summed E-state index contributed by atoms with van der Waals surface area (Å²) >= 11 is 12.4. The van der Waals surface area contributed by atoms with Crippen LogP contribution in [0.1, 0.15) is 41.4 Å². The predicted molar refractivity (Wildman–Crippen MR) is 209 cm³/mol. The van der Waals surface area contributed by atoms with Crippen LogP contribution in [0, 0.1) is 23.3 Å². The van der Waals surface area contributed by atoms with Crippen LogP contribution in [0.2, 0.25) is 10.0 Å². The molecule has 0 aliphatic carbocycles. The molecule has 0 fully saturated rings. The number of nitrogens with one attached hydrogen (secondary N) is 2. The number of carboxylic acid groups (broad SMARTS) is 2. The SMILES string of the molecule is COc1ccc(Cl)c(-c2cc(F)c(NC(=O)c3ccccc3C(=O)O)c(Cl)c2)c1.COc1ccc(F)c(-c2cc(F)c(NC(=O)c3ccccc3C(=O)O)c(F)c2)c1. The van der Waals surface area contributed by atoms with Crippen LogP contribution in [0.4, 0.5) is 28.9 Å². The Kier molecular flexibility index (Phi) is 13.4. The van der Waals surface area contributed by atoms with Gasteiger partial charge in [0.15, 0.2) is 0 Å². The van der Waals surface area contributed by atoms with E-state index in [2.05, 4.69) is 5.32 Å². The van der Waals surface area contributed by atoms with Crippen LogP contribution in [0.15, 0.2) is 109 Å². The van der Waals surface area contributed by atoms with Crippen molar-refractivity contribution < 1.29 is 56.4 Å². The molecule has 4 N–H and O–H groups in total. The first-order valence-corrected chi connectivity index (χ1v) is 17.3. The number of amides is 2. The van der Waals surface area contributed by atoms with Crippen molar-refractivity contribution in [2.75, 3.05) is 24.9 Å². The summed E-state index contributed by atoms with van der Waals surface area (Å²) in [5.74, 6) is -7.41. The molecular formula is C42H28Cl2F4N2O8. The number of anilines is 2. The maximum Gasteiger partial charge on any atom is 0.336 e. The number of methoxy groups -OCH3 is 2. The van der Waals surface area contributed by atoms with Crippen LogP contribution >= 0.6 is 23.2 Å². The molecule has 0 atom stereocenters. The van der Waals surface area contributed by atoms with Gasteiger partial charge in [-0.2, -0.15) is 0 Å². The Labute approximate surface area is 337 Å². The molecule has 2 amide bonds. The standard InChI is InChI=1S/C21H14Cl2FNO4.C21H14F3NO4/c2*1-29-12-6-7-16(22)15(10-12)11-8-17(23)19(18(24)9-11)25-20(26)13-4-2-3-5-14(13)21(27)28/h2*2-10H,1H3,(H,25,26)(H,27,28). The molecule has 58 heavy (non-hydrogen) atoms. The molecule has 0 unspecified atom stereocenters. The Morgan fingerprint density at radius 2 is 0.914 bits per heavy atom. The summed E-state index contributed by atoms with van der Waals surface area (Å²) in [5.41, 5.74) is -1.24. The fourth-order valence-corrected chi connectivity index (χ4v) is 5.98. The van der Waals surface area contributed by atoms with E-state index in [1.54, 1.807) is 18.2 Å². The third-order valence-corrected chi connectivity index (χ3v) is 8.96. The number of hydrogen-bond donors (Lipinski definition) is 4. The number of carboxylic acids is 2. The van der Waals surface area contributed by atoms with Crippen LogP contribution in [0.25, 0.3) is 22.3 Å². The van der Waals surface area contributed by atoms with Crippen LogP contribution in [0.5, 0.6) is 11.5 Å². The van der Waals surface area contributed by atoms with E-state index in [4.69, 9.17) is 37.8 Å². The zero-order valence-corrected chi connectivity index (χ0v) is 31.5. The Hall–Kier alpha value is -6.90. The summed E-state index contributed by atoms with van der Waals surface area (Å²) < 4.78 is 68.0. The molecule has 0 aromatic heterocycles. The molecule has 0 spiro atoms. The minimum atomic E-state index is -1.36. The average Bonchev–Trinajstić information content (AvgIpc) is 3.20. The molecule has 16 heteroatoms. The maximum atomic E-state index is 14.8. The summed E-state index contributed by atoms with van der Waals surface area (Å²) in [6, 6.07) is 23.8. The number of benzene rings is 6. The number of ether oxygens (including phenoxy) is 2. The summed E-state index contributed by atoms with van der Waals surface area (Å²) in [5, 5.41) is 23.0. The molecule has 0 aliphatic heterocycles. The van der Waals surface area contributed by atoms with E-state index in [0.29, 0.717) is 27.6 Å². The second kappa shape index (κ2) is 18.4. The summed E-state index contributed by atoms with van der Waals surface area (Å²) in [7, 11) is 2.86. The summed E-state index contributed by atoms with van der Waals surface area (Å²) in [6.07, 6.45) is 0. The fraction of sp³-hybridized carbons (Fsp3) is 0.0476. The van der Waals surface area contributed by atoms with Crippen molar-refractivity contribution in [2.45, 2.75) is 0 Å². The van der Waals surface area contributed by atoms with E-state index in [-0.39, 0.29) is 44.1 Å². The lowest BCUT2D eigenvalue weighted by Crippen LogP contribution is -2.18. The number of hydrogen-bond acceptors (Lipinski definition) is 6. The molecule has 6 aromatic carbocycles. The van der Waals surface area contributed by atoms with Crippen molar-refractivity contribution >= 4 is 58.3 Å². The Morgan fingerprint density at radius 1 is 0.500 bits per heavy atom. The first-order chi connectivity index (χ1) is 27.6. The molecule has 0 bridgehead atoms. The molecule has 296 valence electrons. The fourth-order valence-electron chi connectivity index (χ4n) is 5.50. The predicted octanol–water partition coefficient (Wildman–Crippen LogP) is 10.5. The zero-order valence-electron chi connectivity index (χ0n) is 30.0. The minimum absolute atomic E-state index is 0.0694. The van der Waals surface area contributed by atoms with E-state index in [1.165, 1.54) is 87.0 Å². The summed E-state index contributed by atoms with van der Waals surface area (Å²) in [4.78, 5) is 47.4. The van der Waals surface area contributed by atoms with Gasteiger partial charge in [0, 0.05) is 16.1 Å². The van der Waals surface area contributed by atoms with E-state index in [0.717, 1.165) is 18.2 Å². The molecular weight excluding hydrogens is 807 g/mol. The van der Waals surface area contributed by atoms with Gasteiger partial charge in [-0.1, -0.05) is 47.5 Å². The highest BCUT2D eigenvalue weighted by Gasteiger charge is 2.22. The monoisotopic (exact) mass is 834 g/mol. The van der Waals surface area contributed by atoms with Gasteiger partial charge in [0.2, 0.25) is 0 Å². The smallest absolute Gasteiger partial charge is 0.336 e. The molecule has 6 aromatic rings. The topological polar surface area (TPSA) is 151 Å². The second-order valence-electron chi connectivity index (χ2n) is 11.9. The van der Waals surface area contributed by atoms with E-state index in [1.807, 2.05) is 5.32 Å². The lowest BCUT2D eigenvalue weighted by molar-refractivity contribution is 0.0683. The molecule has 0 heterocycles. The molecule has 10 nitrogen and oxygen atoms in total. The van der Waals surface area contributed by atoms with Gasteiger partial charge in [0.25, 0.3) is 11.8 Å². The van der Waals surface area contributed by atoms with Gasteiger partial charge in [0.1, 0.15) is 40.5 Å². The van der Waals surface area contributed by atoms with E-state index >= 15 is 0 Å². The Bertz CT molecular complexity index is 2370. The van der Waals surface area contributed by atoms with E-state index in [9.17, 15) is 41.8 Å². The highest BCUT2D eigenvalue weighted by Crippen LogP contribution is 2.37. The van der Waals surface area contributed by atoms with Crippen LogP contribution in [-0.4, -0.2) is 48.2 Å². The van der Waals surface area contributed by atoms with Crippen molar-refractivity contribution in [1.82, 2.24) is 0 Å². The largest absolute Gasteiger partial charge is 0.497 e. The average molecular weight is 836 g/mol. The van der Waals surface area contributed by atoms with Gasteiger partial charge in [-0.25, -0.2) is 27.2 Å². The maximum absolute atomic E-state index is 14.8. The van der Waals surface area contributed by atoms with Gasteiger partial charge in [-0.05, 0) is 96.1 Å². The molecule has 6 rings (SSSR count). The third-order valence-electron chi connectivity index (χ3n) is 8.33. The normalized spacial score (nSPS) is 10.5. The summed E-state index contributed by atoms with van der Waals surface area (Å²) in [6.45, 7) is 0. The van der Waals surface area contributed by atoms with Crippen molar-refractivity contribution in [3.63, 3.8) is 0 Å². The number of halogens is 6. The van der Waals surface area contributed by atoms with Gasteiger partial charge >= 0.3 is 11.9 Å². The van der Waals surface area contributed by atoms with Gasteiger partial charge in [-0.3, -0.25) is 9.59 Å². The number of aromatic carboxylic acids is 2. The molecule has 0 radical (unpaired) electrons. The molecule has 0 aliphatic rings. The third kappa shape index (κ3) is 9.54. The Balaban J connectivity index is 0.000000221. The van der Waals surface area contributed by atoms with Crippen molar-refractivity contribution in [1.29, 1.82) is 0 Å². The second-order valence-corrected chi connectivity index (χ2v) is 12.7. The first kappa shape index (κ1) is 42.2. The molecule has 0 saturated heterocycles. The number of carbonyl (C=O) groups is 4. The van der Waals surface area contributed by atoms with Crippen molar-refractivity contribution in [2.24, 2.45) is 0 Å². The first-order valence-electron chi connectivity index (χ1n) is 16.6. The number of rotatable bonds is 10. The van der Waals surface area contributed by atoms with Gasteiger partial charge < -0.3 is 30.3 Å². The Morgan fingerprint density at radius 3 is 1.38 bits per heavy atom. The van der Waals surface area contributed by atoms with Gasteiger partial charge in [-0.15, -0.1) is 0 Å². The van der Waals surface area contributed by atoms with Gasteiger partial charge in [0.05, 0.1) is 47.2 Å². The highest BCUT2D eigenvalue weighted by molar-refractivity contribution is 6.35. The van der Waals surface area contributed by atoms with E-state index < -0.39 is 52.7 Å². The van der Waals surface area contributed by atoms with Crippen molar-refractivity contribution in [3.05, 3.63) is 165 Å². The zero-order chi connectivity index (χ0) is 42.3. The highest BCUT2D eigenvalue weighted by atomic mass is 35.5. The van der Waals surface area contributed by atoms with Crippen LogP contribution in [0.3, 0.4) is 0 Å².